The number of rotatable bonds is 39. The first-order valence-corrected chi connectivity index (χ1v) is 24.0. The highest BCUT2D eigenvalue weighted by Gasteiger charge is 2.03. The van der Waals surface area contributed by atoms with Crippen molar-refractivity contribution in [2.75, 3.05) is 51.8 Å². The van der Waals surface area contributed by atoms with Gasteiger partial charge in [0.15, 0.2) is 0 Å². The molecule has 0 aliphatic heterocycles. The number of allylic oxidation sites excluding steroid dienone is 4. The molecule has 0 bridgehead atoms. The van der Waals surface area contributed by atoms with Gasteiger partial charge in [0.1, 0.15) is 0 Å². The molecule has 1 unspecified atom stereocenters. The van der Waals surface area contributed by atoms with Gasteiger partial charge in [0, 0.05) is 24.6 Å². The van der Waals surface area contributed by atoms with E-state index in [1.54, 1.807) is 0 Å². The average molecular weight is 695 g/mol. The van der Waals surface area contributed by atoms with Crippen LogP contribution < -0.4 is 0 Å². The SMILES string of the molecule is C=S(CCN(C)CCCCCCCC/C=C\CCCCCCCC)SCCN(C)CCCCCCCC/C=C\CCCCCCCC. The summed E-state index contributed by atoms with van der Waals surface area (Å²) in [5, 5.41) is 0. The molecule has 1 atom stereocenters. The molecule has 0 saturated heterocycles. The lowest BCUT2D eigenvalue weighted by molar-refractivity contribution is 0.343. The van der Waals surface area contributed by atoms with Gasteiger partial charge in [-0.3, -0.25) is 0 Å². The Bertz CT molecular complexity index is 677. The Hall–Kier alpha value is -0.0300. The minimum atomic E-state index is 0.244. The van der Waals surface area contributed by atoms with Gasteiger partial charge in [0.2, 0.25) is 0 Å². The van der Waals surface area contributed by atoms with E-state index in [-0.39, 0.29) is 9.52 Å². The van der Waals surface area contributed by atoms with Gasteiger partial charge in [0.25, 0.3) is 0 Å². The molecular weight excluding hydrogens is 609 g/mol. The smallest absolute Gasteiger partial charge is 0.0160 e. The van der Waals surface area contributed by atoms with E-state index in [0.717, 1.165) is 0 Å². The van der Waals surface area contributed by atoms with E-state index in [4.69, 9.17) is 0 Å². The summed E-state index contributed by atoms with van der Waals surface area (Å²) in [5.41, 5.74) is 0. The molecule has 0 aliphatic rings. The second-order valence-electron chi connectivity index (χ2n) is 14.4. The molecule has 0 aromatic heterocycles. The number of hydrogen-bond donors (Lipinski definition) is 0. The van der Waals surface area contributed by atoms with Crippen molar-refractivity contribution in [2.24, 2.45) is 0 Å². The maximum atomic E-state index is 4.47. The van der Waals surface area contributed by atoms with Crippen LogP contribution in [0, 0.1) is 0 Å². The molecule has 2 nitrogen and oxygen atoms in total. The first-order valence-electron chi connectivity index (χ1n) is 20.9. The molecule has 280 valence electrons. The third-order valence-corrected chi connectivity index (χ3v) is 12.8. The topological polar surface area (TPSA) is 6.48 Å². The highest BCUT2D eigenvalue weighted by molar-refractivity contribution is 8.83. The predicted octanol–water partition coefficient (Wildman–Crippen LogP) is 14.3. The Kier molecular flexibility index (Phi) is 40.4. The molecule has 0 saturated carbocycles. The van der Waals surface area contributed by atoms with Crippen molar-refractivity contribution in [2.45, 2.75) is 194 Å². The molecule has 47 heavy (non-hydrogen) atoms. The lowest BCUT2D eigenvalue weighted by Crippen LogP contribution is -2.23. The third kappa shape index (κ3) is 40.3. The zero-order valence-electron chi connectivity index (χ0n) is 32.8. The zero-order valence-corrected chi connectivity index (χ0v) is 34.4. The Morgan fingerprint density at radius 1 is 0.426 bits per heavy atom. The third-order valence-electron chi connectivity index (χ3n) is 9.53. The van der Waals surface area contributed by atoms with Crippen LogP contribution in [0.3, 0.4) is 0 Å². The van der Waals surface area contributed by atoms with E-state index in [1.165, 1.54) is 217 Å². The van der Waals surface area contributed by atoms with Crippen LogP contribution in [0.4, 0.5) is 0 Å². The van der Waals surface area contributed by atoms with Gasteiger partial charge < -0.3 is 9.80 Å². The number of nitrogens with zero attached hydrogens (tertiary/aromatic N) is 2. The summed E-state index contributed by atoms with van der Waals surface area (Å²) in [4.78, 5) is 5.08. The molecule has 0 fully saturated rings. The Labute approximate surface area is 304 Å². The van der Waals surface area contributed by atoms with Crippen LogP contribution in [0.25, 0.3) is 0 Å². The minimum absolute atomic E-state index is 0.244. The van der Waals surface area contributed by atoms with Crippen LogP contribution in [-0.2, 0) is 0 Å². The maximum absolute atomic E-state index is 4.47. The maximum Gasteiger partial charge on any atom is 0.0160 e. The first-order chi connectivity index (χ1) is 23.1. The van der Waals surface area contributed by atoms with E-state index >= 15 is 0 Å². The molecule has 0 aromatic rings. The summed E-state index contributed by atoms with van der Waals surface area (Å²) < 4.78 is 0. The quantitative estimate of drug-likeness (QED) is 0.0274. The Morgan fingerprint density at radius 2 is 0.745 bits per heavy atom. The highest BCUT2D eigenvalue weighted by Crippen LogP contribution is 2.28. The van der Waals surface area contributed by atoms with Crippen LogP contribution in [0.2, 0.25) is 0 Å². The van der Waals surface area contributed by atoms with Crippen LogP contribution >= 0.6 is 20.3 Å². The van der Waals surface area contributed by atoms with Crippen molar-refractivity contribution in [3.05, 3.63) is 24.3 Å². The van der Waals surface area contributed by atoms with E-state index in [2.05, 4.69) is 78.7 Å². The molecule has 0 rings (SSSR count). The predicted molar refractivity (Wildman–Crippen MR) is 226 cm³/mol. The highest BCUT2D eigenvalue weighted by atomic mass is 33.1. The van der Waals surface area contributed by atoms with Crippen molar-refractivity contribution < 1.29 is 0 Å². The van der Waals surface area contributed by atoms with Gasteiger partial charge in [-0.15, -0.1) is 9.52 Å². The largest absolute Gasteiger partial charge is 0.306 e. The van der Waals surface area contributed by atoms with E-state index in [9.17, 15) is 0 Å². The van der Waals surface area contributed by atoms with Gasteiger partial charge >= 0.3 is 0 Å². The van der Waals surface area contributed by atoms with E-state index < -0.39 is 0 Å². The van der Waals surface area contributed by atoms with Gasteiger partial charge in [-0.1, -0.05) is 170 Å². The van der Waals surface area contributed by atoms with Crippen molar-refractivity contribution in [3.8, 4) is 0 Å². The molecule has 0 aliphatic carbocycles. The molecule has 0 radical (unpaired) electrons. The van der Waals surface area contributed by atoms with Gasteiger partial charge in [-0.2, -0.15) is 0 Å². The fourth-order valence-electron chi connectivity index (χ4n) is 6.11. The molecule has 0 spiro atoms. The van der Waals surface area contributed by atoms with Crippen LogP contribution in [0.15, 0.2) is 24.3 Å². The summed E-state index contributed by atoms with van der Waals surface area (Å²) >= 11 is 0. The normalized spacial score (nSPS) is 12.9. The molecule has 0 heterocycles. The van der Waals surface area contributed by atoms with Crippen molar-refractivity contribution >= 4 is 26.2 Å². The van der Waals surface area contributed by atoms with Gasteiger partial charge in [0.05, 0.1) is 0 Å². The number of hydrogen-bond acceptors (Lipinski definition) is 3. The molecule has 4 heteroatoms. The lowest BCUT2D eigenvalue weighted by atomic mass is 10.1. The second-order valence-corrected chi connectivity index (χ2v) is 18.5. The van der Waals surface area contributed by atoms with Crippen molar-refractivity contribution in [1.29, 1.82) is 0 Å². The summed E-state index contributed by atoms with van der Waals surface area (Å²) in [7, 11) is 6.96. The van der Waals surface area contributed by atoms with Crippen molar-refractivity contribution in [1.82, 2.24) is 9.80 Å². The lowest BCUT2D eigenvalue weighted by Gasteiger charge is -2.19. The summed E-state index contributed by atoms with van der Waals surface area (Å²) in [6, 6.07) is 0. The molecule has 0 N–H and O–H groups in total. The fraction of sp³-hybridized carbons (Fsp3) is 0.884. The monoisotopic (exact) mass is 695 g/mol. The zero-order chi connectivity index (χ0) is 34.3. The molecule has 0 aromatic carbocycles. The first kappa shape index (κ1) is 47.0. The Balaban J connectivity index is 3.42. The van der Waals surface area contributed by atoms with Crippen LogP contribution in [0.1, 0.15) is 194 Å². The van der Waals surface area contributed by atoms with Gasteiger partial charge in [-0.25, -0.2) is 0 Å². The second kappa shape index (κ2) is 40.4. The standard InChI is InChI=1S/C43H86N2S2/c1-6-8-10-12-14-16-18-20-22-24-26-28-30-32-34-36-38-44(3)40-42-46-47(5)43-41-45(4)39-37-35-33-31-29-27-25-23-21-19-17-15-13-11-9-7-2/h20-23H,5-19,24-43H2,1-4H3/b22-20-,23-21-. The fourth-order valence-corrected chi connectivity index (χ4v) is 8.87. The molecule has 0 amide bonds. The van der Waals surface area contributed by atoms with Crippen LogP contribution in [-0.4, -0.2) is 67.5 Å². The van der Waals surface area contributed by atoms with Crippen molar-refractivity contribution in [3.63, 3.8) is 0 Å². The summed E-state index contributed by atoms with van der Waals surface area (Å²) in [6.07, 6.45) is 48.6. The number of unbranched alkanes of at least 4 members (excludes halogenated alkanes) is 24. The summed E-state index contributed by atoms with van der Waals surface area (Å²) in [6.45, 7) is 9.51. The Morgan fingerprint density at radius 3 is 1.13 bits per heavy atom. The molecular formula is C43H86N2S2. The summed E-state index contributed by atoms with van der Waals surface area (Å²) in [5.74, 6) is 6.94. The minimum Gasteiger partial charge on any atom is -0.306 e. The van der Waals surface area contributed by atoms with E-state index in [1.807, 2.05) is 0 Å². The van der Waals surface area contributed by atoms with Gasteiger partial charge in [-0.05, 0) is 91.4 Å². The average Bonchev–Trinajstić information content (AvgIpc) is 3.07. The van der Waals surface area contributed by atoms with E-state index in [0.29, 0.717) is 0 Å². The van der Waals surface area contributed by atoms with Crippen LogP contribution in [0.5, 0.6) is 0 Å².